The van der Waals surface area contributed by atoms with Crippen molar-refractivity contribution < 1.29 is 9.53 Å². The molecule has 1 aromatic heterocycles. The smallest absolute Gasteiger partial charge is 0.182 e. The van der Waals surface area contributed by atoms with Gasteiger partial charge in [-0.3, -0.25) is 4.79 Å². The minimum Gasteiger partial charge on any atom is -0.368 e. The number of aromatic nitrogens is 1. The van der Waals surface area contributed by atoms with Crippen molar-refractivity contribution in [3.8, 4) is 0 Å². The summed E-state index contributed by atoms with van der Waals surface area (Å²) in [6, 6.07) is 0. The van der Waals surface area contributed by atoms with Crippen LogP contribution >= 0.6 is 11.3 Å². The minimum absolute atomic E-state index is 0.216. The maximum absolute atomic E-state index is 11.8. The number of aryl methyl sites for hydroxylation is 1. The molecule has 17 heavy (non-hydrogen) atoms. The van der Waals surface area contributed by atoms with Gasteiger partial charge < -0.3 is 4.74 Å². The molecule has 0 aromatic carbocycles. The first kappa shape index (κ1) is 11.4. The van der Waals surface area contributed by atoms with E-state index < -0.39 is 0 Å². The monoisotopic (exact) mass is 251 g/mol. The summed E-state index contributed by atoms with van der Waals surface area (Å²) >= 11 is 1.69. The van der Waals surface area contributed by atoms with Crippen molar-refractivity contribution in [3.05, 3.63) is 15.6 Å². The topological polar surface area (TPSA) is 39.2 Å². The Hall–Kier alpha value is -0.740. The van der Waals surface area contributed by atoms with Gasteiger partial charge in [0, 0.05) is 17.9 Å². The normalized spacial score (nSPS) is 29.1. The first-order chi connectivity index (χ1) is 8.19. The number of hydrogen-bond donors (Lipinski definition) is 0. The molecule has 0 radical (unpaired) electrons. The van der Waals surface area contributed by atoms with Crippen molar-refractivity contribution >= 4 is 17.1 Å². The number of hydrogen-bond acceptors (Lipinski definition) is 4. The molecule has 0 amide bonds. The molecule has 1 fully saturated rings. The Kier molecular flexibility index (Phi) is 2.79. The lowest BCUT2D eigenvalue weighted by Gasteiger charge is -2.31. The Morgan fingerprint density at radius 1 is 1.29 bits per heavy atom. The Morgan fingerprint density at radius 2 is 2.18 bits per heavy atom. The first-order valence-corrected chi connectivity index (χ1v) is 7.18. The second kappa shape index (κ2) is 4.18. The van der Waals surface area contributed by atoms with Crippen molar-refractivity contribution in [1.29, 1.82) is 0 Å². The minimum atomic E-state index is -0.249. The lowest BCUT2D eigenvalue weighted by atomic mass is 9.96. The molecule has 1 atom stereocenters. The average molecular weight is 251 g/mol. The number of Topliss-reactive ketones (excluding diaryl/α,β-unsaturated/α-hetero) is 1. The third-order valence-corrected chi connectivity index (χ3v) is 5.05. The molecule has 2 heterocycles. The van der Waals surface area contributed by atoms with Crippen LogP contribution in [-0.4, -0.2) is 17.4 Å². The molecule has 0 saturated carbocycles. The van der Waals surface area contributed by atoms with Crippen LogP contribution in [0, 0.1) is 0 Å². The summed E-state index contributed by atoms with van der Waals surface area (Å²) in [5, 5.41) is 1.01. The quantitative estimate of drug-likeness (QED) is 0.770. The van der Waals surface area contributed by atoms with E-state index in [-0.39, 0.29) is 11.4 Å². The largest absolute Gasteiger partial charge is 0.368 e. The van der Waals surface area contributed by atoms with Gasteiger partial charge in [0.15, 0.2) is 5.78 Å². The van der Waals surface area contributed by atoms with Gasteiger partial charge >= 0.3 is 0 Å². The van der Waals surface area contributed by atoms with Crippen LogP contribution < -0.4 is 0 Å². The third kappa shape index (κ3) is 1.93. The second-order valence-electron chi connectivity index (χ2n) is 5.10. The molecular formula is C13H17NO2S. The van der Waals surface area contributed by atoms with Gasteiger partial charge in [0.25, 0.3) is 0 Å². The van der Waals surface area contributed by atoms with Crippen LogP contribution in [0.5, 0.6) is 0 Å². The Balaban J connectivity index is 1.96. The molecule has 1 saturated heterocycles. The number of fused-ring (bicyclic) bond motifs is 1. The van der Waals surface area contributed by atoms with E-state index in [1.807, 2.05) is 0 Å². The van der Waals surface area contributed by atoms with Crippen LogP contribution in [0.2, 0.25) is 0 Å². The van der Waals surface area contributed by atoms with Crippen LogP contribution in [0.1, 0.15) is 59.4 Å². The van der Waals surface area contributed by atoms with Crippen LogP contribution in [0.3, 0.4) is 0 Å². The van der Waals surface area contributed by atoms with E-state index >= 15 is 0 Å². The van der Waals surface area contributed by atoms with Crippen LogP contribution in [0.15, 0.2) is 0 Å². The van der Waals surface area contributed by atoms with Crippen LogP contribution in [-0.2, 0) is 16.8 Å². The zero-order chi connectivity index (χ0) is 11.9. The van der Waals surface area contributed by atoms with Gasteiger partial charge in [-0.05, 0) is 39.0 Å². The van der Waals surface area contributed by atoms with Crippen LogP contribution in [0.25, 0.3) is 0 Å². The number of ether oxygens (including phenoxy) is 1. The average Bonchev–Trinajstić information content (AvgIpc) is 2.76. The molecule has 4 heteroatoms. The predicted molar refractivity (Wildman–Crippen MR) is 66.5 cm³/mol. The molecule has 1 aromatic rings. The maximum Gasteiger partial charge on any atom is 0.182 e. The van der Waals surface area contributed by atoms with Crippen LogP contribution in [0.4, 0.5) is 0 Å². The molecule has 1 aliphatic heterocycles. The van der Waals surface area contributed by atoms with Crippen molar-refractivity contribution in [1.82, 2.24) is 4.98 Å². The molecule has 0 bridgehead atoms. The number of thiazole rings is 1. The van der Waals surface area contributed by atoms with E-state index in [1.165, 1.54) is 11.3 Å². The molecule has 0 N–H and O–H groups in total. The van der Waals surface area contributed by atoms with E-state index in [0.29, 0.717) is 6.42 Å². The zero-order valence-electron chi connectivity index (χ0n) is 10.1. The summed E-state index contributed by atoms with van der Waals surface area (Å²) < 4.78 is 5.90. The van der Waals surface area contributed by atoms with Gasteiger partial charge in [-0.15, -0.1) is 11.3 Å². The van der Waals surface area contributed by atoms with E-state index in [4.69, 9.17) is 4.74 Å². The highest BCUT2D eigenvalue weighted by Crippen LogP contribution is 2.39. The first-order valence-electron chi connectivity index (χ1n) is 6.36. The summed E-state index contributed by atoms with van der Waals surface area (Å²) in [4.78, 5) is 17.5. The van der Waals surface area contributed by atoms with E-state index in [0.717, 1.165) is 43.0 Å². The van der Waals surface area contributed by atoms with E-state index in [1.54, 1.807) is 11.3 Å². The van der Waals surface area contributed by atoms with Crippen molar-refractivity contribution in [3.63, 3.8) is 0 Å². The number of ketones is 1. The predicted octanol–water partition coefficient (Wildman–Crippen LogP) is 3.08. The van der Waals surface area contributed by atoms with E-state index in [2.05, 4.69) is 11.9 Å². The molecular weight excluding hydrogens is 234 g/mol. The molecule has 1 aliphatic carbocycles. The summed E-state index contributed by atoms with van der Waals surface area (Å²) in [6.07, 6.45) is 6.00. The highest BCUT2D eigenvalue weighted by atomic mass is 32.1. The third-order valence-electron chi connectivity index (χ3n) is 3.69. The number of rotatable bonds is 1. The summed E-state index contributed by atoms with van der Waals surface area (Å²) in [5.74, 6) is 0.216. The fourth-order valence-corrected chi connectivity index (χ4v) is 3.85. The van der Waals surface area contributed by atoms with Gasteiger partial charge in [0.2, 0.25) is 0 Å². The maximum atomic E-state index is 11.8. The molecule has 92 valence electrons. The molecule has 3 rings (SSSR count). The van der Waals surface area contributed by atoms with Crippen molar-refractivity contribution in [2.75, 3.05) is 6.61 Å². The zero-order valence-corrected chi connectivity index (χ0v) is 10.9. The summed E-state index contributed by atoms with van der Waals surface area (Å²) in [6.45, 7) is 2.93. The standard InChI is InChI=1S/C13H17NO2S/c1-13(7-2-3-8-16-13)12-14-11-9(15)5-4-6-10(11)17-12/h2-8H2,1H3. The van der Waals surface area contributed by atoms with Gasteiger partial charge in [-0.25, -0.2) is 4.98 Å². The Labute approximate surface area is 105 Å². The van der Waals surface area contributed by atoms with Gasteiger partial charge in [-0.2, -0.15) is 0 Å². The Morgan fingerprint density at radius 3 is 2.88 bits per heavy atom. The lowest BCUT2D eigenvalue weighted by molar-refractivity contribution is -0.0702. The summed E-state index contributed by atoms with van der Waals surface area (Å²) in [5.41, 5.74) is 0.479. The highest BCUT2D eigenvalue weighted by Gasteiger charge is 2.35. The molecule has 2 aliphatic rings. The fourth-order valence-electron chi connectivity index (χ4n) is 2.60. The summed E-state index contributed by atoms with van der Waals surface area (Å²) in [7, 11) is 0. The highest BCUT2D eigenvalue weighted by molar-refractivity contribution is 7.12. The van der Waals surface area contributed by atoms with Gasteiger partial charge in [-0.1, -0.05) is 0 Å². The lowest BCUT2D eigenvalue weighted by Crippen LogP contribution is -2.30. The SMILES string of the molecule is CC1(c2nc3c(s2)CCCC3=O)CCCCO1. The van der Waals surface area contributed by atoms with E-state index in [9.17, 15) is 4.79 Å². The molecule has 3 nitrogen and oxygen atoms in total. The number of carbonyl (C=O) groups excluding carboxylic acids is 1. The van der Waals surface area contributed by atoms with Gasteiger partial charge in [0.1, 0.15) is 16.3 Å². The van der Waals surface area contributed by atoms with Crippen molar-refractivity contribution in [2.24, 2.45) is 0 Å². The molecule has 0 spiro atoms. The number of nitrogens with zero attached hydrogens (tertiary/aromatic N) is 1. The molecule has 1 unspecified atom stereocenters. The van der Waals surface area contributed by atoms with Gasteiger partial charge in [0.05, 0.1) is 0 Å². The van der Waals surface area contributed by atoms with Crippen molar-refractivity contribution in [2.45, 2.75) is 51.0 Å². The fraction of sp³-hybridized carbons (Fsp3) is 0.692. The number of carbonyl (C=O) groups is 1. The Bertz CT molecular complexity index is 446. The second-order valence-corrected chi connectivity index (χ2v) is 6.19.